The maximum absolute atomic E-state index is 9.95. The average molecular weight is 182 g/mol. The van der Waals surface area contributed by atoms with Crippen molar-refractivity contribution in [3.05, 3.63) is 12.7 Å². The van der Waals surface area contributed by atoms with Crippen LogP contribution in [-0.2, 0) is 0 Å². The van der Waals surface area contributed by atoms with Crippen LogP contribution in [0.2, 0.25) is 0 Å². The van der Waals surface area contributed by atoms with Crippen LogP contribution in [0.25, 0.3) is 0 Å². The summed E-state index contributed by atoms with van der Waals surface area (Å²) < 4.78 is 0. The molecule has 0 amide bonds. The molecule has 1 aliphatic carbocycles. The number of hydrogen-bond acceptors (Lipinski definition) is 1. The molecule has 1 heteroatoms. The van der Waals surface area contributed by atoms with Gasteiger partial charge in [0, 0.05) is 0 Å². The Morgan fingerprint density at radius 2 is 2.08 bits per heavy atom. The second-order valence-corrected chi connectivity index (χ2v) is 5.32. The highest BCUT2D eigenvalue weighted by atomic mass is 16.3. The van der Waals surface area contributed by atoms with E-state index in [1.54, 1.807) is 0 Å². The summed E-state index contributed by atoms with van der Waals surface area (Å²) in [6.07, 6.45) is 5.04. The minimum atomic E-state index is -0.119. The number of hydrogen-bond donors (Lipinski definition) is 1. The molecule has 3 atom stereocenters. The van der Waals surface area contributed by atoms with Gasteiger partial charge < -0.3 is 5.11 Å². The van der Waals surface area contributed by atoms with Crippen LogP contribution in [0.1, 0.15) is 40.0 Å². The Labute approximate surface area is 81.9 Å². The van der Waals surface area contributed by atoms with Crippen LogP contribution >= 0.6 is 0 Å². The minimum Gasteiger partial charge on any atom is -0.393 e. The summed E-state index contributed by atoms with van der Waals surface area (Å²) in [5.74, 6) is 0.866. The number of aliphatic hydroxyl groups is 1. The van der Waals surface area contributed by atoms with Crippen LogP contribution in [0, 0.1) is 17.3 Å². The van der Waals surface area contributed by atoms with Crippen LogP contribution in [0.5, 0.6) is 0 Å². The molecule has 0 heterocycles. The lowest BCUT2D eigenvalue weighted by Gasteiger charge is -2.42. The first kappa shape index (κ1) is 10.8. The zero-order valence-electron chi connectivity index (χ0n) is 9.09. The molecule has 1 fully saturated rings. The van der Waals surface area contributed by atoms with E-state index in [4.69, 9.17) is 0 Å². The van der Waals surface area contributed by atoms with E-state index < -0.39 is 0 Å². The fourth-order valence-electron chi connectivity index (χ4n) is 2.81. The highest BCUT2D eigenvalue weighted by molar-refractivity contribution is 4.91. The van der Waals surface area contributed by atoms with Crippen LogP contribution in [0.15, 0.2) is 12.7 Å². The molecule has 0 bridgehead atoms. The molecule has 1 nitrogen and oxygen atoms in total. The SMILES string of the molecule is C=CC[C@H]1CC(C)(C)C[C@@H](C)[C@@H]1O. The lowest BCUT2D eigenvalue weighted by Crippen LogP contribution is -2.39. The normalized spacial score (nSPS) is 38.6. The van der Waals surface area contributed by atoms with E-state index >= 15 is 0 Å². The highest BCUT2D eigenvalue weighted by Gasteiger charge is 2.37. The molecule has 0 aliphatic heterocycles. The maximum atomic E-state index is 9.95. The maximum Gasteiger partial charge on any atom is 0.0597 e. The molecule has 0 aromatic heterocycles. The van der Waals surface area contributed by atoms with Crippen molar-refractivity contribution in [3.63, 3.8) is 0 Å². The van der Waals surface area contributed by atoms with Crippen LogP contribution in [-0.4, -0.2) is 11.2 Å². The summed E-state index contributed by atoms with van der Waals surface area (Å²) in [4.78, 5) is 0. The van der Waals surface area contributed by atoms with Crippen molar-refractivity contribution in [2.75, 3.05) is 0 Å². The van der Waals surface area contributed by atoms with Crippen molar-refractivity contribution in [2.45, 2.75) is 46.1 Å². The van der Waals surface area contributed by atoms with Crippen LogP contribution in [0.4, 0.5) is 0 Å². The van der Waals surface area contributed by atoms with Crippen LogP contribution < -0.4 is 0 Å². The van der Waals surface area contributed by atoms with Crippen molar-refractivity contribution in [2.24, 2.45) is 17.3 Å². The van der Waals surface area contributed by atoms with E-state index in [1.807, 2.05) is 6.08 Å². The number of rotatable bonds is 2. The standard InChI is InChI=1S/C12H22O/c1-5-6-10-8-12(3,4)7-9(2)11(10)13/h5,9-11,13H,1,6-8H2,2-4H3/t9-,10+,11+/m1/s1. The fourth-order valence-corrected chi connectivity index (χ4v) is 2.81. The van der Waals surface area contributed by atoms with Gasteiger partial charge in [-0.25, -0.2) is 0 Å². The molecule has 1 N–H and O–H groups in total. The van der Waals surface area contributed by atoms with Gasteiger partial charge in [-0.3, -0.25) is 0 Å². The summed E-state index contributed by atoms with van der Waals surface area (Å²) in [7, 11) is 0. The summed E-state index contributed by atoms with van der Waals surface area (Å²) in [5.41, 5.74) is 0.395. The molecule has 1 aliphatic rings. The second kappa shape index (κ2) is 3.83. The third-order valence-corrected chi connectivity index (χ3v) is 3.22. The predicted octanol–water partition coefficient (Wildman–Crippen LogP) is 3.00. The molecule has 1 saturated carbocycles. The molecule has 1 rings (SSSR count). The lowest BCUT2D eigenvalue weighted by molar-refractivity contribution is -0.0202. The molecule has 0 aromatic rings. The predicted molar refractivity (Wildman–Crippen MR) is 56.5 cm³/mol. The zero-order chi connectivity index (χ0) is 10.1. The van der Waals surface area contributed by atoms with Gasteiger partial charge in [0.05, 0.1) is 6.10 Å². The summed E-state index contributed by atoms with van der Waals surface area (Å²) in [5, 5.41) is 9.95. The third kappa shape index (κ3) is 2.57. The molecule has 0 unspecified atom stereocenters. The van der Waals surface area contributed by atoms with Gasteiger partial charge in [-0.2, -0.15) is 0 Å². The molecular weight excluding hydrogens is 160 g/mol. The van der Waals surface area contributed by atoms with E-state index in [-0.39, 0.29) is 6.10 Å². The van der Waals surface area contributed by atoms with E-state index in [0.717, 1.165) is 19.3 Å². The molecule has 0 saturated heterocycles. The second-order valence-electron chi connectivity index (χ2n) is 5.32. The number of allylic oxidation sites excluding steroid dienone is 1. The van der Waals surface area contributed by atoms with Gasteiger partial charge in [-0.05, 0) is 36.5 Å². The van der Waals surface area contributed by atoms with Crippen molar-refractivity contribution in [1.82, 2.24) is 0 Å². The number of aliphatic hydroxyl groups excluding tert-OH is 1. The Hall–Kier alpha value is -0.300. The first-order valence-electron chi connectivity index (χ1n) is 5.25. The van der Waals surface area contributed by atoms with Crippen LogP contribution in [0.3, 0.4) is 0 Å². The Bertz CT molecular complexity index is 184. The van der Waals surface area contributed by atoms with Crippen molar-refractivity contribution >= 4 is 0 Å². The van der Waals surface area contributed by atoms with E-state index in [0.29, 0.717) is 17.3 Å². The first-order chi connectivity index (χ1) is 5.96. The fraction of sp³-hybridized carbons (Fsp3) is 0.833. The van der Waals surface area contributed by atoms with Gasteiger partial charge >= 0.3 is 0 Å². The summed E-state index contributed by atoms with van der Waals surface area (Å²) in [6.45, 7) is 10.5. The lowest BCUT2D eigenvalue weighted by atomic mass is 9.66. The third-order valence-electron chi connectivity index (χ3n) is 3.22. The van der Waals surface area contributed by atoms with Crippen molar-refractivity contribution in [1.29, 1.82) is 0 Å². The molecule has 0 spiro atoms. The van der Waals surface area contributed by atoms with E-state index in [1.165, 1.54) is 0 Å². The van der Waals surface area contributed by atoms with Gasteiger partial charge in [0.15, 0.2) is 0 Å². The molecule has 0 radical (unpaired) electrons. The summed E-state index contributed by atoms with van der Waals surface area (Å²) in [6, 6.07) is 0. The molecule has 13 heavy (non-hydrogen) atoms. The van der Waals surface area contributed by atoms with E-state index in [2.05, 4.69) is 27.4 Å². The highest BCUT2D eigenvalue weighted by Crippen LogP contribution is 2.42. The van der Waals surface area contributed by atoms with Gasteiger partial charge in [0.2, 0.25) is 0 Å². The first-order valence-corrected chi connectivity index (χ1v) is 5.25. The average Bonchev–Trinajstić information content (AvgIpc) is 1.99. The Morgan fingerprint density at radius 3 is 2.62 bits per heavy atom. The quantitative estimate of drug-likeness (QED) is 0.651. The molecular formula is C12H22O. The van der Waals surface area contributed by atoms with E-state index in [9.17, 15) is 5.11 Å². The monoisotopic (exact) mass is 182 g/mol. The summed E-state index contributed by atoms with van der Waals surface area (Å²) >= 11 is 0. The van der Waals surface area contributed by atoms with Gasteiger partial charge in [0.25, 0.3) is 0 Å². The topological polar surface area (TPSA) is 20.2 Å². The van der Waals surface area contributed by atoms with Crippen molar-refractivity contribution in [3.8, 4) is 0 Å². The zero-order valence-corrected chi connectivity index (χ0v) is 9.09. The minimum absolute atomic E-state index is 0.119. The largest absolute Gasteiger partial charge is 0.393 e. The molecule has 0 aromatic carbocycles. The van der Waals surface area contributed by atoms with Gasteiger partial charge in [0.1, 0.15) is 0 Å². The smallest absolute Gasteiger partial charge is 0.0597 e. The Morgan fingerprint density at radius 1 is 1.46 bits per heavy atom. The van der Waals surface area contributed by atoms with Gasteiger partial charge in [-0.1, -0.05) is 26.8 Å². The Kier molecular flexibility index (Phi) is 3.18. The Balaban J connectivity index is 2.66. The molecule has 76 valence electrons. The van der Waals surface area contributed by atoms with Crippen molar-refractivity contribution < 1.29 is 5.11 Å². The van der Waals surface area contributed by atoms with Gasteiger partial charge in [-0.15, -0.1) is 6.58 Å².